The second-order valence-electron chi connectivity index (χ2n) is 3.12. The summed E-state index contributed by atoms with van der Waals surface area (Å²) in [7, 11) is -3.10. The van der Waals surface area contributed by atoms with Gasteiger partial charge in [0.25, 0.3) is 0 Å². The number of hydrogen-bond acceptors (Lipinski definition) is 3. The van der Waals surface area contributed by atoms with Crippen LogP contribution in [0, 0.1) is 0 Å². The van der Waals surface area contributed by atoms with Gasteiger partial charge in [-0.1, -0.05) is 11.6 Å². The lowest BCUT2D eigenvalue weighted by Crippen LogP contribution is -2.31. The Morgan fingerprint density at radius 2 is 2.17 bits per heavy atom. The smallest absolute Gasteiger partial charge is 0.214 e. The quantitative estimate of drug-likeness (QED) is 0.325. The molecular formula is C6H14N3O2P. The maximum atomic E-state index is 11.3. The standard InChI is InChI=1S/C6H14N3O2P/c7-12(8,11)6-4-2-1-3-5(6)9-10/h6,10H,1-4H2,(H4,7,8,11)/b9-5+. The Morgan fingerprint density at radius 1 is 1.50 bits per heavy atom. The van der Waals surface area contributed by atoms with Crippen LogP contribution in [-0.2, 0) is 4.57 Å². The van der Waals surface area contributed by atoms with Gasteiger partial charge in [-0.2, -0.15) is 0 Å². The molecule has 0 radical (unpaired) electrons. The maximum absolute atomic E-state index is 11.3. The molecule has 0 heterocycles. The van der Waals surface area contributed by atoms with Crippen LogP contribution in [0.2, 0.25) is 0 Å². The number of hydrogen-bond donors (Lipinski definition) is 3. The SMILES string of the molecule is NP(N)(=O)C1CCCC/C1=N\O. The van der Waals surface area contributed by atoms with E-state index in [1.165, 1.54) is 0 Å². The third kappa shape index (κ3) is 2.06. The monoisotopic (exact) mass is 191 g/mol. The molecule has 0 aliphatic heterocycles. The van der Waals surface area contributed by atoms with Crippen molar-refractivity contribution < 1.29 is 9.77 Å². The van der Waals surface area contributed by atoms with Crippen molar-refractivity contribution in [3.63, 3.8) is 0 Å². The molecule has 0 saturated heterocycles. The zero-order valence-electron chi connectivity index (χ0n) is 6.81. The Balaban J connectivity index is 2.80. The van der Waals surface area contributed by atoms with E-state index in [1.54, 1.807) is 0 Å². The van der Waals surface area contributed by atoms with Crippen molar-refractivity contribution in [2.75, 3.05) is 0 Å². The van der Waals surface area contributed by atoms with E-state index in [1.807, 2.05) is 0 Å². The first-order valence-electron chi connectivity index (χ1n) is 3.93. The van der Waals surface area contributed by atoms with Crippen molar-refractivity contribution in [2.45, 2.75) is 31.3 Å². The molecular weight excluding hydrogens is 177 g/mol. The Morgan fingerprint density at radius 3 is 2.58 bits per heavy atom. The van der Waals surface area contributed by atoms with Crippen molar-refractivity contribution in [1.82, 2.24) is 0 Å². The number of nitrogens with two attached hydrogens (primary N) is 2. The van der Waals surface area contributed by atoms with Gasteiger partial charge in [0.15, 0.2) is 0 Å². The molecule has 1 aliphatic carbocycles. The molecule has 1 saturated carbocycles. The molecule has 0 amide bonds. The lowest BCUT2D eigenvalue weighted by Gasteiger charge is -2.25. The summed E-state index contributed by atoms with van der Waals surface area (Å²) < 4.78 is 11.3. The molecule has 0 spiro atoms. The number of rotatable bonds is 1. The van der Waals surface area contributed by atoms with E-state index in [4.69, 9.17) is 16.2 Å². The van der Waals surface area contributed by atoms with Gasteiger partial charge in [-0.25, -0.2) is 0 Å². The summed E-state index contributed by atoms with van der Waals surface area (Å²) >= 11 is 0. The van der Waals surface area contributed by atoms with Crippen LogP contribution >= 0.6 is 7.44 Å². The molecule has 70 valence electrons. The van der Waals surface area contributed by atoms with Crippen LogP contribution in [0.3, 0.4) is 0 Å². The summed E-state index contributed by atoms with van der Waals surface area (Å²) in [6, 6.07) is 0. The fourth-order valence-corrected chi connectivity index (χ4v) is 2.76. The maximum Gasteiger partial charge on any atom is 0.214 e. The zero-order chi connectivity index (χ0) is 9.19. The molecule has 1 atom stereocenters. The normalized spacial score (nSPS) is 29.2. The van der Waals surface area contributed by atoms with Crippen molar-refractivity contribution in [1.29, 1.82) is 0 Å². The zero-order valence-corrected chi connectivity index (χ0v) is 7.70. The predicted molar refractivity (Wildman–Crippen MR) is 47.5 cm³/mol. The molecule has 5 nitrogen and oxygen atoms in total. The summed E-state index contributed by atoms with van der Waals surface area (Å²) in [5.41, 5.74) is 10.7. The average Bonchev–Trinajstić information content (AvgIpc) is 2.03. The van der Waals surface area contributed by atoms with Gasteiger partial charge in [-0.3, -0.25) is 15.6 Å². The molecule has 12 heavy (non-hydrogen) atoms. The summed E-state index contributed by atoms with van der Waals surface area (Å²) in [6.07, 6.45) is 3.22. The van der Waals surface area contributed by atoms with Crippen molar-refractivity contribution >= 4 is 13.2 Å². The predicted octanol–water partition coefficient (Wildman–Crippen LogP) is 0.870. The number of nitrogens with zero attached hydrogens (tertiary/aromatic N) is 1. The van der Waals surface area contributed by atoms with Gasteiger partial charge in [0, 0.05) is 0 Å². The summed E-state index contributed by atoms with van der Waals surface area (Å²) in [6.45, 7) is 0. The number of oxime groups is 1. The van der Waals surface area contributed by atoms with Gasteiger partial charge in [0.05, 0.1) is 11.4 Å². The van der Waals surface area contributed by atoms with E-state index < -0.39 is 13.1 Å². The minimum atomic E-state index is -3.10. The van der Waals surface area contributed by atoms with Gasteiger partial charge in [0.1, 0.15) is 0 Å². The van der Waals surface area contributed by atoms with E-state index in [0.29, 0.717) is 18.6 Å². The first kappa shape index (κ1) is 9.71. The highest BCUT2D eigenvalue weighted by Gasteiger charge is 2.32. The fraction of sp³-hybridized carbons (Fsp3) is 0.833. The van der Waals surface area contributed by atoms with Crippen molar-refractivity contribution in [3.05, 3.63) is 0 Å². The molecule has 0 aromatic rings. The highest BCUT2D eigenvalue weighted by atomic mass is 31.2. The minimum Gasteiger partial charge on any atom is -0.411 e. The van der Waals surface area contributed by atoms with Crippen LogP contribution in [0.1, 0.15) is 25.7 Å². The molecule has 1 rings (SSSR count). The van der Waals surface area contributed by atoms with E-state index in [9.17, 15) is 4.57 Å². The molecule has 0 aromatic carbocycles. The topological polar surface area (TPSA) is 102 Å². The Labute approximate surface area is 71.3 Å². The van der Waals surface area contributed by atoms with Crippen LogP contribution in [0.15, 0.2) is 5.16 Å². The van der Waals surface area contributed by atoms with E-state index >= 15 is 0 Å². The van der Waals surface area contributed by atoms with Gasteiger partial charge >= 0.3 is 0 Å². The van der Waals surface area contributed by atoms with Gasteiger partial charge < -0.3 is 5.21 Å². The molecule has 5 N–H and O–H groups in total. The van der Waals surface area contributed by atoms with Crippen molar-refractivity contribution in [2.24, 2.45) is 16.2 Å². The largest absolute Gasteiger partial charge is 0.411 e. The van der Waals surface area contributed by atoms with Crippen molar-refractivity contribution in [3.8, 4) is 0 Å². The van der Waals surface area contributed by atoms with Crippen LogP contribution in [0.5, 0.6) is 0 Å². The van der Waals surface area contributed by atoms with Gasteiger partial charge in [0.2, 0.25) is 7.44 Å². The Kier molecular flexibility index (Phi) is 2.88. The lowest BCUT2D eigenvalue weighted by atomic mass is 9.98. The molecule has 0 bridgehead atoms. The average molecular weight is 191 g/mol. The molecule has 6 heteroatoms. The molecule has 1 aliphatic rings. The van der Waals surface area contributed by atoms with Crippen LogP contribution < -0.4 is 11.0 Å². The molecule has 0 aromatic heterocycles. The second kappa shape index (κ2) is 3.56. The minimum absolute atomic E-state index is 0.406. The Hall–Kier alpha value is -0.380. The van der Waals surface area contributed by atoms with Crippen LogP contribution in [-0.4, -0.2) is 16.6 Å². The fourth-order valence-electron chi connectivity index (χ4n) is 1.53. The van der Waals surface area contributed by atoms with Gasteiger partial charge in [-0.05, 0) is 19.3 Å². The van der Waals surface area contributed by atoms with E-state index in [0.717, 1.165) is 12.8 Å². The van der Waals surface area contributed by atoms with E-state index in [2.05, 4.69) is 5.16 Å². The third-order valence-electron chi connectivity index (χ3n) is 2.16. The molecule has 1 unspecified atom stereocenters. The molecule has 1 fully saturated rings. The summed E-state index contributed by atoms with van der Waals surface area (Å²) in [4.78, 5) is 0. The second-order valence-corrected chi connectivity index (χ2v) is 5.27. The third-order valence-corrected chi connectivity index (χ3v) is 3.69. The summed E-state index contributed by atoms with van der Waals surface area (Å²) in [5, 5.41) is 11.7. The Bertz CT molecular complexity index is 235. The van der Waals surface area contributed by atoms with E-state index in [-0.39, 0.29) is 0 Å². The van der Waals surface area contributed by atoms with Crippen LogP contribution in [0.25, 0.3) is 0 Å². The highest BCUT2D eigenvalue weighted by Crippen LogP contribution is 2.40. The lowest BCUT2D eigenvalue weighted by molar-refractivity contribution is 0.314. The van der Waals surface area contributed by atoms with Crippen LogP contribution in [0.4, 0.5) is 0 Å². The summed E-state index contributed by atoms with van der Waals surface area (Å²) in [5.74, 6) is 0. The highest BCUT2D eigenvalue weighted by molar-refractivity contribution is 7.60. The first-order chi connectivity index (χ1) is 5.55. The van der Waals surface area contributed by atoms with Gasteiger partial charge in [-0.15, -0.1) is 0 Å². The first-order valence-corrected chi connectivity index (χ1v) is 5.85.